The van der Waals surface area contributed by atoms with E-state index in [9.17, 15) is 9.90 Å². The molecular formula is C12H13ClO5. The van der Waals surface area contributed by atoms with E-state index in [1.165, 1.54) is 6.07 Å². The molecule has 0 bridgehead atoms. The second-order valence-corrected chi connectivity index (χ2v) is 4.42. The molecule has 2 rings (SSSR count). The third-order valence-corrected chi connectivity index (χ3v) is 3.10. The van der Waals surface area contributed by atoms with Crippen molar-refractivity contribution in [2.45, 2.75) is 19.4 Å². The molecule has 1 unspecified atom stereocenters. The van der Waals surface area contributed by atoms with Gasteiger partial charge in [-0.3, -0.25) is 0 Å². The van der Waals surface area contributed by atoms with Crippen molar-refractivity contribution in [2.75, 3.05) is 13.2 Å². The summed E-state index contributed by atoms with van der Waals surface area (Å²) in [6.45, 7) is 2.66. The fourth-order valence-corrected chi connectivity index (χ4v) is 2.25. The summed E-state index contributed by atoms with van der Waals surface area (Å²) in [7, 11) is 0. The zero-order valence-electron chi connectivity index (χ0n) is 9.77. The smallest absolute Gasteiger partial charge is 0.337 e. The van der Waals surface area contributed by atoms with Gasteiger partial charge in [0.05, 0.1) is 18.2 Å². The Morgan fingerprint density at radius 2 is 2.11 bits per heavy atom. The van der Waals surface area contributed by atoms with Crippen LogP contribution in [0.2, 0.25) is 5.02 Å². The molecule has 0 amide bonds. The van der Waals surface area contributed by atoms with Gasteiger partial charge in [0.2, 0.25) is 0 Å². The molecule has 0 aromatic heterocycles. The van der Waals surface area contributed by atoms with Crippen molar-refractivity contribution in [2.24, 2.45) is 0 Å². The van der Waals surface area contributed by atoms with Crippen LogP contribution in [0.25, 0.3) is 0 Å². The number of carboxylic acids is 1. The van der Waals surface area contributed by atoms with Crippen LogP contribution in [0.5, 0.6) is 11.5 Å². The Kier molecular flexibility index (Phi) is 3.63. The highest BCUT2D eigenvalue weighted by Crippen LogP contribution is 2.41. The first-order chi connectivity index (χ1) is 8.52. The maximum Gasteiger partial charge on any atom is 0.337 e. The Labute approximate surface area is 109 Å². The first-order valence-electron chi connectivity index (χ1n) is 5.52. The number of benzene rings is 1. The van der Waals surface area contributed by atoms with Gasteiger partial charge in [-0.1, -0.05) is 11.6 Å². The normalized spacial score (nSPS) is 15.9. The van der Waals surface area contributed by atoms with Gasteiger partial charge in [0.15, 0.2) is 17.6 Å². The topological polar surface area (TPSA) is 76.0 Å². The number of carboxylic acid groups (broad SMARTS) is 1. The third-order valence-electron chi connectivity index (χ3n) is 2.78. The Hall–Kier alpha value is -1.46. The summed E-state index contributed by atoms with van der Waals surface area (Å²) in [5, 5.41) is 18.7. The van der Waals surface area contributed by atoms with Gasteiger partial charge in [-0.2, -0.15) is 0 Å². The largest absolute Gasteiger partial charge is 0.489 e. The number of aliphatic carboxylic acids is 1. The van der Waals surface area contributed by atoms with E-state index < -0.39 is 12.1 Å². The Morgan fingerprint density at radius 1 is 1.44 bits per heavy atom. The predicted octanol–water partition coefficient (Wildman–Crippen LogP) is 1.93. The molecule has 0 saturated carbocycles. The fourth-order valence-electron chi connectivity index (χ4n) is 1.91. The highest BCUT2D eigenvalue weighted by atomic mass is 35.5. The number of fused-ring (bicyclic) bond motifs is 1. The van der Waals surface area contributed by atoms with E-state index in [4.69, 9.17) is 26.2 Å². The van der Waals surface area contributed by atoms with E-state index >= 15 is 0 Å². The van der Waals surface area contributed by atoms with Crippen LogP contribution in [0.3, 0.4) is 0 Å². The van der Waals surface area contributed by atoms with Crippen LogP contribution in [0.15, 0.2) is 6.07 Å². The lowest BCUT2D eigenvalue weighted by Gasteiger charge is -2.17. The van der Waals surface area contributed by atoms with Crippen LogP contribution in [-0.4, -0.2) is 29.4 Å². The summed E-state index contributed by atoms with van der Waals surface area (Å²) in [4.78, 5) is 10.9. The Bertz CT molecular complexity index is 486. The lowest BCUT2D eigenvalue weighted by Crippen LogP contribution is -2.13. The molecule has 18 heavy (non-hydrogen) atoms. The Morgan fingerprint density at radius 3 is 2.78 bits per heavy atom. The molecule has 1 aliphatic heterocycles. The van der Waals surface area contributed by atoms with Crippen molar-refractivity contribution < 1.29 is 24.5 Å². The summed E-state index contributed by atoms with van der Waals surface area (Å²) < 4.78 is 11.0. The molecule has 2 N–H and O–H groups in total. The van der Waals surface area contributed by atoms with Gasteiger partial charge in [0.25, 0.3) is 0 Å². The van der Waals surface area contributed by atoms with Gasteiger partial charge in [-0.05, 0) is 6.92 Å². The standard InChI is InChI=1S/C12H13ClO5/c1-6-9(10(14)12(15)16)7(13)5-8-11(6)18-4-2-3-17-8/h5,10,14H,2-4H2,1H3,(H,15,16). The van der Waals surface area contributed by atoms with Gasteiger partial charge >= 0.3 is 5.97 Å². The molecule has 0 aliphatic carbocycles. The quantitative estimate of drug-likeness (QED) is 0.860. The summed E-state index contributed by atoms with van der Waals surface area (Å²) in [6.07, 6.45) is -0.933. The SMILES string of the molecule is Cc1c2c(cc(Cl)c1C(O)C(=O)O)OCCCO2. The van der Waals surface area contributed by atoms with Crippen LogP contribution < -0.4 is 9.47 Å². The zero-order chi connectivity index (χ0) is 13.3. The number of hydrogen-bond donors (Lipinski definition) is 2. The molecule has 98 valence electrons. The number of ether oxygens (including phenoxy) is 2. The Balaban J connectivity index is 2.55. The second-order valence-electron chi connectivity index (χ2n) is 4.02. The van der Waals surface area contributed by atoms with Gasteiger partial charge < -0.3 is 19.7 Å². The van der Waals surface area contributed by atoms with E-state index in [0.29, 0.717) is 30.3 Å². The molecule has 5 nitrogen and oxygen atoms in total. The lowest BCUT2D eigenvalue weighted by molar-refractivity contribution is -0.147. The van der Waals surface area contributed by atoms with Crippen molar-refractivity contribution in [1.29, 1.82) is 0 Å². The summed E-state index contributed by atoms with van der Waals surface area (Å²) >= 11 is 6.00. The number of carbonyl (C=O) groups is 1. The van der Waals surface area contributed by atoms with Gasteiger partial charge in [0.1, 0.15) is 0 Å². The molecule has 0 radical (unpaired) electrons. The minimum absolute atomic E-state index is 0.147. The summed E-state index contributed by atoms with van der Waals surface area (Å²) in [6, 6.07) is 1.48. The second kappa shape index (κ2) is 5.04. The molecule has 0 spiro atoms. The molecule has 0 fully saturated rings. The average molecular weight is 273 g/mol. The van der Waals surface area contributed by atoms with E-state index in [0.717, 1.165) is 6.42 Å². The van der Waals surface area contributed by atoms with Crippen LogP contribution in [0, 0.1) is 6.92 Å². The molecule has 1 atom stereocenters. The van der Waals surface area contributed by atoms with E-state index in [2.05, 4.69) is 0 Å². The highest BCUT2D eigenvalue weighted by molar-refractivity contribution is 6.32. The minimum Gasteiger partial charge on any atom is -0.489 e. The maximum absolute atomic E-state index is 10.9. The van der Waals surface area contributed by atoms with E-state index in [1.54, 1.807) is 6.92 Å². The van der Waals surface area contributed by atoms with Gasteiger partial charge in [-0.15, -0.1) is 0 Å². The van der Waals surface area contributed by atoms with Crippen molar-refractivity contribution in [3.63, 3.8) is 0 Å². The van der Waals surface area contributed by atoms with Crippen molar-refractivity contribution in [1.82, 2.24) is 0 Å². The van der Waals surface area contributed by atoms with Crippen molar-refractivity contribution >= 4 is 17.6 Å². The molecule has 0 saturated heterocycles. The molecule has 1 heterocycles. The number of aliphatic hydroxyl groups excluding tert-OH is 1. The average Bonchev–Trinajstić information content (AvgIpc) is 2.54. The summed E-state index contributed by atoms with van der Waals surface area (Å²) in [5.41, 5.74) is 0.641. The first-order valence-corrected chi connectivity index (χ1v) is 5.89. The van der Waals surface area contributed by atoms with Crippen LogP contribution >= 0.6 is 11.6 Å². The molecule has 1 aromatic carbocycles. The zero-order valence-corrected chi connectivity index (χ0v) is 10.5. The highest BCUT2D eigenvalue weighted by Gasteiger charge is 2.26. The maximum atomic E-state index is 10.9. The van der Waals surface area contributed by atoms with Crippen molar-refractivity contribution in [3.05, 3.63) is 22.2 Å². The number of hydrogen-bond acceptors (Lipinski definition) is 4. The molecule has 6 heteroatoms. The van der Waals surface area contributed by atoms with Crippen LogP contribution in [0.4, 0.5) is 0 Å². The van der Waals surface area contributed by atoms with Gasteiger partial charge in [-0.25, -0.2) is 4.79 Å². The lowest BCUT2D eigenvalue weighted by atomic mass is 10.0. The summed E-state index contributed by atoms with van der Waals surface area (Å²) in [5.74, 6) is -0.418. The molecular weight excluding hydrogens is 260 g/mol. The third kappa shape index (κ3) is 2.23. The first kappa shape index (κ1) is 13.0. The fraction of sp³-hybridized carbons (Fsp3) is 0.417. The van der Waals surface area contributed by atoms with Crippen LogP contribution in [-0.2, 0) is 4.79 Å². The van der Waals surface area contributed by atoms with E-state index in [1.807, 2.05) is 0 Å². The number of halogens is 1. The van der Waals surface area contributed by atoms with Gasteiger partial charge in [0, 0.05) is 23.6 Å². The predicted molar refractivity (Wildman–Crippen MR) is 64.4 cm³/mol. The minimum atomic E-state index is -1.67. The monoisotopic (exact) mass is 272 g/mol. The van der Waals surface area contributed by atoms with Crippen LogP contribution in [0.1, 0.15) is 23.7 Å². The number of aliphatic hydroxyl groups is 1. The van der Waals surface area contributed by atoms with Crippen molar-refractivity contribution in [3.8, 4) is 11.5 Å². The van der Waals surface area contributed by atoms with E-state index in [-0.39, 0.29) is 10.6 Å². The molecule has 1 aromatic rings. The number of rotatable bonds is 2. The molecule has 1 aliphatic rings.